The van der Waals surface area contributed by atoms with Gasteiger partial charge in [-0.1, -0.05) is 0 Å². The molecule has 0 atom stereocenters. The minimum atomic E-state index is -0.828. The number of hydrogen-bond acceptors (Lipinski definition) is 3. The van der Waals surface area contributed by atoms with E-state index in [2.05, 4.69) is 11.9 Å². The maximum atomic E-state index is 10.3. The normalized spacial score (nSPS) is 8.91. The van der Waals surface area contributed by atoms with E-state index in [9.17, 15) is 4.79 Å². The zero-order valence-electron chi connectivity index (χ0n) is 7.35. The number of carbonyl (C=O) groups is 1. The van der Waals surface area contributed by atoms with E-state index >= 15 is 0 Å². The van der Waals surface area contributed by atoms with Crippen LogP contribution in [0.5, 0.6) is 0 Å². The van der Waals surface area contributed by atoms with Crippen LogP contribution in [0.3, 0.4) is 0 Å². The first-order valence-electron chi connectivity index (χ1n) is 2.79. The first kappa shape index (κ1) is 17.8. The molecule has 62 valence electrons. The second-order valence-electron chi connectivity index (χ2n) is 2.69. The largest absolute Gasteiger partial charge is 1.00 e. The van der Waals surface area contributed by atoms with Gasteiger partial charge in [0, 0.05) is 6.42 Å². The summed E-state index contributed by atoms with van der Waals surface area (Å²) in [5.74, 6) is 0.0255. The van der Waals surface area contributed by atoms with Gasteiger partial charge in [-0.25, -0.2) is 11.9 Å². The number of ketones is 1. The van der Waals surface area contributed by atoms with Crippen molar-refractivity contribution in [3.8, 4) is 0 Å². The molecule has 0 aliphatic heterocycles. The van der Waals surface area contributed by atoms with Gasteiger partial charge in [-0.15, -0.1) is 0 Å². The fraction of sp³-hybridized carbons (Fsp3) is 0.833. The molecule has 0 aliphatic rings. The fourth-order valence-electron chi connectivity index (χ4n) is 0.609. The predicted octanol–water partition coefficient (Wildman–Crippen LogP) is -2.76. The molecule has 0 saturated carbocycles. The number of aliphatic hydroxyl groups is 1. The molecule has 0 bridgehead atoms. The Hall–Kier alpha value is 0.880. The molecule has 0 fully saturated rings. The molecular formula is C6H12ClNaO3. The third kappa shape index (κ3) is 24.8. The number of halogens is 1. The van der Waals surface area contributed by atoms with E-state index in [4.69, 9.17) is 9.77 Å². The van der Waals surface area contributed by atoms with E-state index in [0.717, 1.165) is 0 Å². The molecule has 11 heavy (non-hydrogen) atoms. The Kier molecular flexibility index (Phi) is 14.5. The molecule has 0 unspecified atom stereocenters. The standard InChI is InChI=1S/C6H12O2.ClO.Na/c1-5(7)4-6(2,3)8;1-2;/h8H,4H2,1-3H3;;/q;-1;+1. The molecule has 0 aromatic heterocycles. The van der Waals surface area contributed by atoms with Gasteiger partial charge in [0.15, 0.2) is 0 Å². The summed E-state index contributed by atoms with van der Waals surface area (Å²) < 4.78 is 7.72. The second kappa shape index (κ2) is 8.97. The Morgan fingerprint density at radius 2 is 1.82 bits per heavy atom. The summed E-state index contributed by atoms with van der Waals surface area (Å²) in [6.07, 6.45) is 0.243. The van der Waals surface area contributed by atoms with Crippen molar-refractivity contribution in [2.24, 2.45) is 0 Å². The minimum absolute atomic E-state index is 0. The number of hydrogen-bond donors (Lipinski definition) is 1. The molecule has 0 spiro atoms. The van der Waals surface area contributed by atoms with E-state index in [1.807, 2.05) is 0 Å². The van der Waals surface area contributed by atoms with Crippen molar-refractivity contribution >= 4 is 17.6 Å². The van der Waals surface area contributed by atoms with E-state index < -0.39 is 5.60 Å². The average molecular weight is 191 g/mol. The Balaban J connectivity index is -0.000000196. The van der Waals surface area contributed by atoms with Gasteiger partial charge in [0.2, 0.25) is 0 Å². The van der Waals surface area contributed by atoms with Crippen LogP contribution in [-0.2, 0) is 4.79 Å². The van der Waals surface area contributed by atoms with Crippen molar-refractivity contribution < 1.29 is 44.1 Å². The Labute approximate surface area is 94.2 Å². The third-order valence-electron chi connectivity index (χ3n) is 0.682. The van der Waals surface area contributed by atoms with Crippen LogP contribution in [0.25, 0.3) is 0 Å². The van der Waals surface area contributed by atoms with E-state index in [1.165, 1.54) is 6.92 Å². The van der Waals surface area contributed by atoms with Crippen LogP contribution in [0.4, 0.5) is 0 Å². The summed E-state index contributed by atoms with van der Waals surface area (Å²) >= 11 is 3.39. The van der Waals surface area contributed by atoms with E-state index in [-0.39, 0.29) is 41.8 Å². The molecule has 3 nitrogen and oxygen atoms in total. The van der Waals surface area contributed by atoms with E-state index in [0.29, 0.717) is 0 Å². The van der Waals surface area contributed by atoms with Gasteiger partial charge in [0.05, 0.1) is 5.60 Å². The number of carbonyl (C=O) groups excluding carboxylic acids is 1. The summed E-state index contributed by atoms with van der Waals surface area (Å²) in [6, 6.07) is 0. The molecule has 5 heteroatoms. The number of Topliss-reactive ketones (excluding diaryl/α,β-unsaturated/α-hetero) is 1. The number of rotatable bonds is 2. The molecule has 0 amide bonds. The van der Waals surface area contributed by atoms with Crippen molar-refractivity contribution in [1.29, 1.82) is 0 Å². The maximum absolute atomic E-state index is 10.3. The Morgan fingerprint density at radius 3 is 1.82 bits per heavy atom. The van der Waals surface area contributed by atoms with Crippen molar-refractivity contribution in [3.63, 3.8) is 0 Å². The predicted molar refractivity (Wildman–Crippen MR) is 37.4 cm³/mol. The monoisotopic (exact) mass is 190 g/mol. The molecule has 0 radical (unpaired) electrons. The van der Waals surface area contributed by atoms with E-state index in [1.54, 1.807) is 13.8 Å². The SMILES string of the molecule is CC(=O)CC(C)(C)O.[Na+].[O-]Cl. The molecule has 0 aromatic rings. The molecule has 0 aromatic carbocycles. The third-order valence-corrected chi connectivity index (χ3v) is 0.682. The zero-order valence-corrected chi connectivity index (χ0v) is 10.1. The smallest absolute Gasteiger partial charge is 0.769 e. The van der Waals surface area contributed by atoms with Gasteiger partial charge in [0.1, 0.15) is 5.78 Å². The summed E-state index contributed by atoms with van der Waals surface area (Å²) in [5.41, 5.74) is -0.828. The first-order chi connectivity index (χ1) is 4.42. The van der Waals surface area contributed by atoms with Gasteiger partial charge < -0.3 is 9.77 Å². The average Bonchev–Trinajstić information content (AvgIpc) is 1.64. The molecule has 0 aliphatic carbocycles. The minimum Gasteiger partial charge on any atom is -0.769 e. The maximum Gasteiger partial charge on any atom is 1.00 e. The van der Waals surface area contributed by atoms with Gasteiger partial charge in [-0.2, -0.15) is 0 Å². The van der Waals surface area contributed by atoms with Gasteiger partial charge in [-0.05, 0) is 20.8 Å². The molecular weight excluding hydrogens is 179 g/mol. The molecule has 0 rings (SSSR count). The summed E-state index contributed by atoms with van der Waals surface area (Å²) in [5, 5.41) is 8.97. The van der Waals surface area contributed by atoms with Crippen LogP contribution in [0.2, 0.25) is 0 Å². The van der Waals surface area contributed by atoms with Gasteiger partial charge >= 0.3 is 29.6 Å². The quantitative estimate of drug-likeness (QED) is 0.480. The van der Waals surface area contributed by atoms with Crippen LogP contribution in [-0.4, -0.2) is 16.5 Å². The van der Waals surface area contributed by atoms with Crippen molar-refractivity contribution in [1.82, 2.24) is 0 Å². The zero-order chi connectivity index (χ0) is 8.78. The van der Waals surface area contributed by atoms with Gasteiger partial charge in [0.25, 0.3) is 0 Å². The van der Waals surface area contributed by atoms with Crippen LogP contribution in [0.1, 0.15) is 27.2 Å². The first-order valence-corrected chi connectivity index (χ1v) is 3.10. The van der Waals surface area contributed by atoms with Crippen LogP contribution < -0.4 is 34.2 Å². The van der Waals surface area contributed by atoms with Crippen molar-refractivity contribution in [2.45, 2.75) is 32.8 Å². The molecule has 0 heterocycles. The summed E-state index contributed by atoms with van der Waals surface area (Å²) in [7, 11) is 0. The van der Waals surface area contributed by atoms with Crippen molar-refractivity contribution in [3.05, 3.63) is 0 Å². The van der Waals surface area contributed by atoms with Crippen molar-refractivity contribution in [2.75, 3.05) is 0 Å². The van der Waals surface area contributed by atoms with Crippen LogP contribution in [0.15, 0.2) is 0 Å². The summed E-state index contributed by atoms with van der Waals surface area (Å²) in [4.78, 5) is 10.3. The Bertz CT molecular complexity index is 100. The topological polar surface area (TPSA) is 60.4 Å². The van der Waals surface area contributed by atoms with Crippen LogP contribution in [0, 0.1) is 0 Å². The Morgan fingerprint density at radius 1 is 1.55 bits per heavy atom. The van der Waals surface area contributed by atoms with Crippen LogP contribution >= 0.6 is 11.9 Å². The molecule has 0 saturated heterocycles. The summed E-state index contributed by atoms with van der Waals surface area (Å²) in [6.45, 7) is 4.71. The molecule has 1 N–H and O–H groups in total. The second-order valence-corrected chi connectivity index (χ2v) is 2.69. The fourth-order valence-corrected chi connectivity index (χ4v) is 0.609. The van der Waals surface area contributed by atoms with Gasteiger partial charge in [-0.3, -0.25) is 4.79 Å².